The zero-order chi connectivity index (χ0) is 14.9. The van der Waals surface area contributed by atoms with Crippen molar-refractivity contribution in [3.05, 3.63) is 29.3 Å². The first kappa shape index (κ1) is 15.0. The van der Waals surface area contributed by atoms with Crippen LogP contribution in [0.15, 0.2) is 23.1 Å². The molecule has 6 heteroatoms. The minimum Gasteiger partial charge on any atom is -0.301 e. The van der Waals surface area contributed by atoms with E-state index < -0.39 is 10.0 Å². The van der Waals surface area contributed by atoms with Crippen LogP contribution < -0.4 is 0 Å². The maximum Gasteiger partial charge on any atom is 0.243 e. The molecular formula is C14H19N3O2S. The van der Waals surface area contributed by atoms with E-state index in [2.05, 4.69) is 11.0 Å². The van der Waals surface area contributed by atoms with Crippen LogP contribution in [0.2, 0.25) is 0 Å². The molecule has 0 amide bonds. The molecule has 1 aliphatic heterocycles. The number of hydrogen-bond acceptors (Lipinski definition) is 4. The Balaban J connectivity index is 2.31. The third-order valence-electron chi connectivity index (χ3n) is 3.88. The average molecular weight is 293 g/mol. The van der Waals surface area contributed by atoms with Gasteiger partial charge >= 0.3 is 0 Å². The van der Waals surface area contributed by atoms with Crippen LogP contribution in [0, 0.1) is 18.3 Å². The third kappa shape index (κ3) is 2.70. The molecule has 2 rings (SSSR count). The monoisotopic (exact) mass is 293 g/mol. The predicted octanol–water partition coefficient (Wildman–Crippen LogP) is 1.19. The fourth-order valence-electron chi connectivity index (χ4n) is 2.30. The molecule has 0 spiro atoms. The van der Waals surface area contributed by atoms with Gasteiger partial charge in [0, 0.05) is 25.7 Å². The van der Waals surface area contributed by atoms with Crippen LogP contribution in [0.5, 0.6) is 0 Å². The molecule has 1 saturated heterocycles. The lowest BCUT2D eigenvalue weighted by Crippen LogP contribution is -2.51. The normalized spacial score (nSPS) is 21.6. The molecule has 1 atom stereocenters. The Morgan fingerprint density at radius 2 is 2.05 bits per heavy atom. The fraction of sp³-hybridized carbons (Fsp3) is 0.500. The summed E-state index contributed by atoms with van der Waals surface area (Å²) in [4.78, 5) is 2.42. The van der Waals surface area contributed by atoms with Gasteiger partial charge in [-0.25, -0.2) is 8.42 Å². The van der Waals surface area contributed by atoms with Gasteiger partial charge in [-0.05, 0) is 44.7 Å². The van der Waals surface area contributed by atoms with Gasteiger partial charge in [-0.15, -0.1) is 0 Å². The minimum absolute atomic E-state index is 0.206. The second kappa shape index (κ2) is 5.52. The van der Waals surface area contributed by atoms with Crippen molar-refractivity contribution in [3.8, 4) is 6.07 Å². The minimum atomic E-state index is -3.47. The molecule has 1 aliphatic rings. The molecule has 0 bridgehead atoms. The van der Waals surface area contributed by atoms with Gasteiger partial charge in [0.15, 0.2) is 0 Å². The van der Waals surface area contributed by atoms with Crippen molar-refractivity contribution >= 4 is 10.0 Å². The Morgan fingerprint density at radius 1 is 1.35 bits per heavy atom. The maximum atomic E-state index is 12.6. The van der Waals surface area contributed by atoms with Gasteiger partial charge in [-0.1, -0.05) is 0 Å². The standard InChI is InChI=1S/C14H19N3O2S/c1-11-8-14(5-4-13(11)9-15)20(18,19)17-7-6-16(3)12(2)10-17/h4-5,8,12H,6-7,10H2,1-3H3. The highest BCUT2D eigenvalue weighted by Gasteiger charge is 2.30. The molecule has 1 heterocycles. The number of benzene rings is 1. The number of piperazine rings is 1. The first-order chi connectivity index (χ1) is 9.36. The summed E-state index contributed by atoms with van der Waals surface area (Å²) in [6.45, 7) is 5.51. The van der Waals surface area contributed by atoms with Crippen molar-refractivity contribution in [2.24, 2.45) is 0 Å². The van der Waals surface area contributed by atoms with Gasteiger partial charge in [0.25, 0.3) is 0 Å². The molecule has 1 aromatic carbocycles. The van der Waals surface area contributed by atoms with Crippen molar-refractivity contribution in [1.82, 2.24) is 9.21 Å². The SMILES string of the molecule is Cc1cc(S(=O)(=O)N2CCN(C)C(C)C2)ccc1C#N. The van der Waals surface area contributed by atoms with E-state index in [1.54, 1.807) is 19.1 Å². The Morgan fingerprint density at radius 3 is 2.60 bits per heavy atom. The molecule has 0 N–H and O–H groups in total. The summed E-state index contributed by atoms with van der Waals surface area (Å²) >= 11 is 0. The average Bonchev–Trinajstić information content (AvgIpc) is 2.41. The summed E-state index contributed by atoms with van der Waals surface area (Å²) in [5.74, 6) is 0. The molecule has 0 aromatic heterocycles. The van der Waals surface area contributed by atoms with Crippen molar-refractivity contribution in [2.45, 2.75) is 24.8 Å². The summed E-state index contributed by atoms with van der Waals surface area (Å²) in [7, 11) is -1.47. The van der Waals surface area contributed by atoms with E-state index in [1.807, 2.05) is 14.0 Å². The van der Waals surface area contributed by atoms with Crippen LogP contribution in [0.25, 0.3) is 0 Å². The van der Waals surface area contributed by atoms with Crippen LogP contribution in [0.1, 0.15) is 18.1 Å². The lowest BCUT2D eigenvalue weighted by Gasteiger charge is -2.36. The predicted molar refractivity (Wildman–Crippen MR) is 76.7 cm³/mol. The Bertz CT molecular complexity index is 649. The molecule has 1 unspecified atom stereocenters. The lowest BCUT2D eigenvalue weighted by atomic mass is 10.1. The zero-order valence-electron chi connectivity index (χ0n) is 12.0. The van der Waals surface area contributed by atoms with Crippen LogP contribution in [-0.2, 0) is 10.0 Å². The smallest absolute Gasteiger partial charge is 0.243 e. The first-order valence-electron chi connectivity index (χ1n) is 6.57. The second-order valence-electron chi connectivity index (χ2n) is 5.28. The molecule has 0 aliphatic carbocycles. The summed E-state index contributed by atoms with van der Waals surface area (Å²) in [6.07, 6.45) is 0. The second-order valence-corrected chi connectivity index (χ2v) is 7.22. The molecule has 5 nitrogen and oxygen atoms in total. The van der Waals surface area contributed by atoms with Crippen LogP contribution in [-0.4, -0.2) is 50.3 Å². The van der Waals surface area contributed by atoms with E-state index >= 15 is 0 Å². The molecule has 1 fully saturated rings. The summed E-state index contributed by atoms with van der Waals surface area (Å²) in [5, 5.41) is 8.91. The quantitative estimate of drug-likeness (QED) is 0.821. The van der Waals surface area contributed by atoms with E-state index in [4.69, 9.17) is 5.26 Å². The molecule has 0 radical (unpaired) electrons. The Labute approximate surface area is 120 Å². The number of hydrogen-bond donors (Lipinski definition) is 0. The fourth-order valence-corrected chi connectivity index (χ4v) is 3.90. The topological polar surface area (TPSA) is 64.4 Å². The van der Waals surface area contributed by atoms with Crippen LogP contribution in [0.3, 0.4) is 0 Å². The molecule has 0 saturated carbocycles. The van der Waals surface area contributed by atoms with Crippen LogP contribution in [0.4, 0.5) is 0 Å². The molecule has 20 heavy (non-hydrogen) atoms. The van der Waals surface area contributed by atoms with Gasteiger partial charge in [0.2, 0.25) is 10.0 Å². The number of nitrogens with zero attached hydrogens (tertiary/aromatic N) is 3. The summed E-state index contributed by atoms with van der Waals surface area (Å²) in [5.41, 5.74) is 1.20. The van der Waals surface area contributed by atoms with Gasteiger partial charge in [-0.2, -0.15) is 9.57 Å². The molecular weight excluding hydrogens is 274 g/mol. The Kier molecular flexibility index (Phi) is 4.14. The van der Waals surface area contributed by atoms with Gasteiger partial charge < -0.3 is 4.90 Å². The number of sulfonamides is 1. The number of aryl methyl sites for hydroxylation is 1. The molecule has 108 valence electrons. The summed E-state index contributed by atoms with van der Waals surface area (Å²) in [6, 6.07) is 6.93. The molecule has 1 aromatic rings. The number of likely N-dealkylation sites (N-methyl/N-ethyl adjacent to an activating group) is 1. The van der Waals surface area contributed by atoms with E-state index in [1.165, 1.54) is 10.4 Å². The number of rotatable bonds is 2. The highest BCUT2D eigenvalue weighted by Crippen LogP contribution is 2.21. The van der Waals surface area contributed by atoms with Crippen molar-refractivity contribution in [3.63, 3.8) is 0 Å². The zero-order valence-corrected chi connectivity index (χ0v) is 12.8. The van der Waals surface area contributed by atoms with Crippen molar-refractivity contribution in [2.75, 3.05) is 26.7 Å². The van der Waals surface area contributed by atoms with Gasteiger partial charge in [0.05, 0.1) is 16.5 Å². The van der Waals surface area contributed by atoms with Gasteiger partial charge in [-0.3, -0.25) is 0 Å². The highest BCUT2D eigenvalue weighted by atomic mass is 32.2. The van der Waals surface area contributed by atoms with E-state index in [9.17, 15) is 8.42 Å². The van der Waals surface area contributed by atoms with Crippen molar-refractivity contribution in [1.29, 1.82) is 5.26 Å². The van der Waals surface area contributed by atoms with Crippen LogP contribution >= 0.6 is 0 Å². The van der Waals surface area contributed by atoms with Crippen molar-refractivity contribution < 1.29 is 8.42 Å². The lowest BCUT2D eigenvalue weighted by molar-refractivity contribution is 0.159. The Hall–Kier alpha value is -1.42. The van der Waals surface area contributed by atoms with Gasteiger partial charge in [0.1, 0.15) is 0 Å². The number of nitriles is 1. The van der Waals surface area contributed by atoms with E-state index in [-0.39, 0.29) is 10.9 Å². The van der Waals surface area contributed by atoms with E-state index in [0.29, 0.717) is 24.2 Å². The summed E-state index contributed by atoms with van der Waals surface area (Å²) < 4.78 is 26.8. The first-order valence-corrected chi connectivity index (χ1v) is 8.01. The third-order valence-corrected chi connectivity index (χ3v) is 5.74. The van der Waals surface area contributed by atoms with E-state index in [0.717, 1.165) is 6.54 Å². The highest BCUT2D eigenvalue weighted by molar-refractivity contribution is 7.89. The maximum absolute atomic E-state index is 12.6. The largest absolute Gasteiger partial charge is 0.301 e.